The second-order valence-electron chi connectivity index (χ2n) is 4.08. The molecule has 0 spiro atoms. The van der Waals surface area contributed by atoms with Gasteiger partial charge < -0.3 is 5.11 Å². The van der Waals surface area contributed by atoms with Gasteiger partial charge in [0.05, 0.1) is 26.3 Å². The Morgan fingerprint density at radius 2 is 1.81 bits per heavy atom. The topological polar surface area (TPSA) is 71.4 Å². The number of aromatic carboxylic acids is 1. The van der Waals surface area contributed by atoms with Gasteiger partial charge in [0.2, 0.25) is 0 Å². The summed E-state index contributed by atoms with van der Waals surface area (Å²) in [6.45, 7) is 0. The Bertz CT molecular complexity index is 656. The van der Waals surface area contributed by atoms with Crippen LogP contribution < -0.4 is 0 Å². The molecule has 10 heteroatoms. The molecule has 0 aliphatic heterocycles. The molecule has 1 rings (SSSR count). The summed E-state index contributed by atoms with van der Waals surface area (Å²) in [6.07, 6.45) is -6.37. The minimum Gasteiger partial charge on any atom is -0.478 e. The molecule has 1 aromatic rings. The molecule has 0 amide bonds. The monoisotopic (exact) mass is 364 g/mol. The van der Waals surface area contributed by atoms with Gasteiger partial charge in [0.15, 0.2) is 9.84 Å². The fourth-order valence-corrected chi connectivity index (χ4v) is 3.82. The summed E-state index contributed by atoms with van der Waals surface area (Å²) in [5.41, 5.74) is -0.602. The molecule has 0 fully saturated rings. The van der Waals surface area contributed by atoms with E-state index in [2.05, 4.69) is 0 Å². The molecule has 1 N–H and O–H groups in total. The molecule has 0 unspecified atom stereocenters. The van der Waals surface area contributed by atoms with Crippen molar-refractivity contribution in [2.75, 3.05) is 5.75 Å². The third-order valence-corrected chi connectivity index (χ3v) is 5.13. The molecule has 1 aromatic carbocycles. The van der Waals surface area contributed by atoms with Crippen molar-refractivity contribution in [3.8, 4) is 0 Å². The van der Waals surface area contributed by atoms with Crippen molar-refractivity contribution in [2.24, 2.45) is 0 Å². The number of sulfone groups is 1. The lowest BCUT2D eigenvalue weighted by molar-refractivity contribution is -0.134. The van der Waals surface area contributed by atoms with Gasteiger partial charge in [-0.05, 0) is 18.6 Å². The number of rotatable bonds is 5. The summed E-state index contributed by atoms with van der Waals surface area (Å²) in [5.74, 6) is -2.33. The van der Waals surface area contributed by atoms with E-state index in [9.17, 15) is 26.4 Å². The lowest BCUT2D eigenvalue weighted by atomic mass is 10.2. The number of hydrogen-bond donors (Lipinski definition) is 1. The molecular formula is C11H9Cl2F3O4S. The zero-order valence-corrected chi connectivity index (χ0v) is 12.6. The summed E-state index contributed by atoms with van der Waals surface area (Å²) in [5, 5.41) is 8.04. The smallest absolute Gasteiger partial charge is 0.389 e. The summed E-state index contributed by atoms with van der Waals surface area (Å²) < 4.78 is 59.9. The van der Waals surface area contributed by atoms with Crippen LogP contribution in [0, 0.1) is 0 Å². The van der Waals surface area contributed by atoms with E-state index >= 15 is 0 Å². The molecule has 4 nitrogen and oxygen atoms in total. The highest BCUT2D eigenvalue weighted by molar-refractivity contribution is 7.91. The molecule has 118 valence electrons. The second-order valence-corrected chi connectivity index (χ2v) is 6.94. The molecule has 0 aliphatic carbocycles. The Morgan fingerprint density at radius 1 is 1.24 bits per heavy atom. The summed E-state index contributed by atoms with van der Waals surface area (Å²) in [4.78, 5) is 10.4. The predicted octanol–water partition coefficient (Wildman–Crippen LogP) is 3.81. The molecule has 0 aromatic heterocycles. The average molecular weight is 365 g/mol. The highest BCUT2D eigenvalue weighted by Crippen LogP contribution is 2.32. The standard InChI is InChI=1S/C11H9Cl2F3O4S/c12-6-2-3-7(9(13)8(6)10(17)18)21(19,20)5-1-4-11(14,15)16/h2-3H,1,4-5H2,(H,17,18). The van der Waals surface area contributed by atoms with Crippen LogP contribution in [0.1, 0.15) is 23.2 Å². The molecule has 0 aliphatic rings. The Morgan fingerprint density at radius 3 is 2.29 bits per heavy atom. The number of carbonyl (C=O) groups is 1. The van der Waals surface area contributed by atoms with Crippen LogP contribution in [0.5, 0.6) is 0 Å². The lowest BCUT2D eigenvalue weighted by Crippen LogP contribution is -2.14. The number of hydrogen-bond acceptors (Lipinski definition) is 3. The highest BCUT2D eigenvalue weighted by atomic mass is 35.5. The van der Waals surface area contributed by atoms with Gasteiger partial charge in [-0.2, -0.15) is 13.2 Å². The van der Waals surface area contributed by atoms with E-state index in [1.165, 1.54) is 0 Å². The maximum atomic E-state index is 12.0. The molecule has 0 heterocycles. The van der Waals surface area contributed by atoms with E-state index in [-0.39, 0.29) is 5.02 Å². The highest BCUT2D eigenvalue weighted by Gasteiger charge is 2.29. The Hall–Kier alpha value is -0.990. The second kappa shape index (κ2) is 6.41. The first kappa shape index (κ1) is 18.1. The summed E-state index contributed by atoms with van der Waals surface area (Å²) in [6, 6.07) is 1.99. The van der Waals surface area contributed by atoms with E-state index in [4.69, 9.17) is 28.3 Å². The number of carboxylic acid groups (broad SMARTS) is 1. The first-order valence-corrected chi connectivity index (χ1v) is 7.87. The fourth-order valence-electron chi connectivity index (χ4n) is 1.54. The lowest BCUT2D eigenvalue weighted by Gasteiger charge is -2.10. The van der Waals surface area contributed by atoms with Crippen molar-refractivity contribution in [3.63, 3.8) is 0 Å². The minimum atomic E-state index is -4.47. The molecule has 0 atom stereocenters. The molecule has 0 bridgehead atoms. The van der Waals surface area contributed by atoms with E-state index in [0.717, 1.165) is 12.1 Å². The Balaban J connectivity index is 3.10. The minimum absolute atomic E-state index is 0.262. The Labute approximate surface area is 128 Å². The normalized spacial score (nSPS) is 12.4. The van der Waals surface area contributed by atoms with Gasteiger partial charge in [-0.15, -0.1) is 0 Å². The van der Waals surface area contributed by atoms with Gasteiger partial charge in [-0.3, -0.25) is 0 Å². The molecule has 21 heavy (non-hydrogen) atoms. The van der Waals surface area contributed by atoms with Crippen molar-refractivity contribution < 1.29 is 31.5 Å². The fraction of sp³-hybridized carbons (Fsp3) is 0.364. The van der Waals surface area contributed by atoms with Crippen molar-refractivity contribution in [1.82, 2.24) is 0 Å². The van der Waals surface area contributed by atoms with E-state index in [1.54, 1.807) is 0 Å². The third kappa shape index (κ3) is 4.76. The van der Waals surface area contributed by atoms with Gasteiger partial charge >= 0.3 is 12.1 Å². The van der Waals surface area contributed by atoms with Gasteiger partial charge in [-0.25, -0.2) is 13.2 Å². The van der Waals surface area contributed by atoms with Gasteiger partial charge in [-0.1, -0.05) is 23.2 Å². The van der Waals surface area contributed by atoms with E-state index in [1.807, 2.05) is 0 Å². The predicted molar refractivity (Wildman–Crippen MR) is 70.8 cm³/mol. The van der Waals surface area contributed by atoms with Gasteiger partial charge in [0, 0.05) is 6.42 Å². The van der Waals surface area contributed by atoms with Crippen molar-refractivity contribution in [2.45, 2.75) is 23.9 Å². The van der Waals surface area contributed by atoms with E-state index < -0.39 is 56.1 Å². The van der Waals surface area contributed by atoms with Crippen LogP contribution in [0.4, 0.5) is 13.2 Å². The first-order valence-electron chi connectivity index (χ1n) is 5.46. The average Bonchev–Trinajstić information content (AvgIpc) is 2.25. The maximum absolute atomic E-state index is 12.0. The summed E-state index contributed by atoms with van der Waals surface area (Å²) in [7, 11) is -4.14. The number of carboxylic acids is 1. The number of halogens is 5. The van der Waals surface area contributed by atoms with Crippen molar-refractivity contribution in [1.29, 1.82) is 0 Å². The van der Waals surface area contributed by atoms with Crippen LogP contribution in [0.3, 0.4) is 0 Å². The largest absolute Gasteiger partial charge is 0.478 e. The van der Waals surface area contributed by atoms with Gasteiger partial charge in [0.1, 0.15) is 0 Å². The Kier molecular flexibility index (Phi) is 5.51. The summed E-state index contributed by atoms with van der Waals surface area (Å²) >= 11 is 11.3. The number of alkyl halides is 3. The van der Waals surface area contributed by atoms with E-state index in [0.29, 0.717) is 0 Å². The third-order valence-electron chi connectivity index (χ3n) is 2.48. The van der Waals surface area contributed by atoms with Crippen molar-refractivity contribution in [3.05, 3.63) is 27.7 Å². The molecular weight excluding hydrogens is 356 g/mol. The van der Waals surface area contributed by atoms with Crippen LogP contribution in [0.2, 0.25) is 10.0 Å². The molecule has 0 radical (unpaired) electrons. The zero-order chi connectivity index (χ0) is 16.4. The molecule has 0 saturated carbocycles. The van der Waals surface area contributed by atoms with Crippen LogP contribution in [0.25, 0.3) is 0 Å². The molecule has 0 saturated heterocycles. The van der Waals surface area contributed by atoms with Crippen LogP contribution in [-0.2, 0) is 9.84 Å². The first-order chi connectivity index (χ1) is 9.46. The van der Waals surface area contributed by atoms with Crippen LogP contribution in [-0.4, -0.2) is 31.4 Å². The number of benzene rings is 1. The quantitative estimate of drug-likeness (QED) is 0.862. The van der Waals surface area contributed by atoms with Crippen LogP contribution in [0.15, 0.2) is 17.0 Å². The van der Waals surface area contributed by atoms with Crippen molar-refractivity contribution >= 4 is 39.0 Å². The van der Waals surface area contributed by atoms with Crippen LogP contribution >= 0.6 is 23.2 Å². The SMILES string of the molecule is O=C(O)c1c(Cl)ccc(S(=O)(=O)CCCC(F)(F)F)c1Cl. The van der Waals surface area contributed by atoms with Gasteiger partial charge in [0.25, 0.3) is 0 Å². The zero-order valence-electron chi connectivity index (χ0n) is 10.2. The maximum Gasteiger partial charge on any atom is 0.389 e.